The summed E-state index contributed by atoms with van der Waals surface area (Å²) in [6, 6.07) is 7.96. The maximum Gasteiger partial charge on any atom is 0.191 e. The number of hydrogen-bond donors (Lipinski definition) is 2. The lowest BCUT2D eigenvalue weighted by atomic mass is 10.2. The minimum absolute atomic E-state index is 0. The number of ether oxygens (including phenoxy) is 3. The minimum atomic E-state index is 0. The Balaban J connectivity index is 0.00000576. The second-order valence-electron chi connectivity index (χ2n) is 5.26. The van der Waals surface area contributed by atoms with Gasteiger partial charge in [0.1, 0.15) is 5.75 Å². The van der Waals surface area contributed by atoms with Crippen molar-refractivity contribution in [2.45, 2.75) is 26.3 Å². The van der Waals surface area contributed by atoms with Gasteiger partial charge < -0.3 is 24.8 Å². The molecule has 0 heterocycles. The molecule has 0 amide bonds. The number of rotatable bonds is 12. The quantitative estimate of drug-likeness (QED) is 0.215. The van der Waals surface area contributed by atoms with E-state index in [2.05, 4.69) is 15.6 Å². The van der Waals surface area contributed by atoms with Gasteiger partial charge in [-0.3, -0.25) is 0 Å². The SMILES string of the molecule is CCOCCCNC(=NCc1ccc(OC)cc1)NCCCOC.I. The molecule has 0 aliphatic heterocycles. The highest BCUT2D eigenvalue weighted by Crippen LogP contribution is 2.11. The number of halogens is 1. The predicted molar refractivity (Wildman–Crippen MR) is 113 cm³/mol. The van der Waals surface area contributed by atoms with Crippen LogP contribution in [0.4, 0.5) is 0 Å². The van der Waals surface area contributed by atoms with E-state index in [0.717, 1.165) is 63.0 Å². The van der Waals surface area contributed by atoms with Crippen LogP contribution in [0.3, 0.4) is 0 Å². The van der Waals surface area contributed by atoms with Gasteiger partial charge in [-0.05, 0) is 37.5 Å². The molecule has 144 valence electrons. The van der Waals surface area contributed by atoms with Crippen molar-refractivity contribution in [3.8, 4) is 5.75 Å². The first kappa shape index (κ1) is 23.9. The van der Waals surface area contributed by atoms with Crippen LogP contribution in [0, 0.1) is 0 Å². The van der Waals surface area contributed by atoms with Gasteiger partial charge >= 0.3 is 0 Å². The molecule has 7 heteroatoms. The van der Waals surface area contributed by atoms with Crippen LogP contribution in [0.15, 0.2) is 29.3 Å². The first-order chi connectivity index (χ1) is 11.8. The Labute approximate surface area is 168 Å². The number of guanidine groups is 1. The van der Waals surface area contributed by atoms with E-state index >= 15 is 0 Å². The van der Waals surface area contributed by atoms with Crippen LogP contribution in [0.25, 0.3) is 0 Å². The molecule has 1 aromatic rings. The number of hydrogen-bond acceptors (Lipinski definition) is 4. The summed E-state index contributed by atoms with van der Waals surface area (Å²) in [6.07, 6.45) is 1.90. The van der Waals surface area contributed by atoms with Crippen LogP contribution in [0.5, 0.6) is 5.75 Å². The van der Waals surface area contributed by atoms with Crippen LogP contribution in [0.1, 0.15) is 25.3 Å². The molecule has 0 fully saturated rings. The largest absolute Gasteiger partial charge is 0.497 e. The van der Waals surface area contributed by atoms with E-state index in [9.17, 15) is 0 Å². The molecule has 25 heavy (non-hydrogen) atoms. The lowest BCUT2D eigenvalue weighted by molar-refractivity contribution is 0.145. The highest BCUT2D eigenvalue weighted by molar-refractivity contribution is 14.0. The van der Waals surface area contributed by atoms with Gasteiger partial charge in [0.05, 0.1) is 13.7 Å². The molecule has 0 saturated heterocycles. The fourth-order valence-electron chi connectivity index (χ4n) is 2.02. The molecule has 1 aromatic carbocycles. The van der Waals surface area contributed by atoms with E-state index < -0.39 is 0 Å². The molecule has 1 rings (SSSR count). The van der Waals surface area contributed by atoms with E-state index in [1.54, 1.807) is 14.2 Å². The van der Waals surface area contributed by atoms with Gasteiger partial charge in [0.15, 0.2) is 5.96 Å². The summed E-state index contributed by atoms with van der Waals surface area (Å²) in [6.45, 7) is 6.55. The smallest absolute Gasteiger partial charge is 0.191 e. The highest BCUT2D eigenvalue weighted by Gasteiger charge is 1.99. The fourth-order valence-corrected chi connectivity index (χ4v) is 2.02. The molecule has 0 spiro atoms. The van der Waals surface area contributed by atoms with Gasteiger partial charge in [-0.1, -0.05) is 12.1 Å². The van der Waals surface area contributed by atoms with Gasteiger partial charge in [0, 0.05) is 40.0 Å². The van der Waals surface area contributed by atoms with Crippen molar-refractivity contribution in [2.24, 2.45) is 4.99 Å². The van der Waals surface area contributed by atoms with Crippen molar-refractivity contribution < 1.29 is 14.2 Å². The summed E-state index contributed by atoms with van der Waals surface area (Å²) in [5.74, 6) is 1.67. The Bertz CT molecular complexity index is 455. The third-order valence-electron chi connectivity index (χ3n) is 3.36. The van der Waals surface area contributed by atoms with E-state index in [-0.39, 0.29) is 24.0 Å². The van der Waals surface area contributed by atoms with Crippen LogP contribution in [-0.2, 0) is 16.0 Å². The van der Waals surface area contributed by atoms with Gasteiger partial charge in [0.2, 0.25) is 0 Å². The third-order valence-corrected chi connectivity index (χ3v) is 3.36. The molecular weight excluding hydrogens is 433 g/mol. The number of benzene rings is 1. The minimum Gasteiger partial charge on any atom is -0.497 e. The van der Waals surface area contributed by atoms with Crippen molar-refractivity contribution in [1.82, 2.24) is 10.6 Å². The zero-order valence-corrected chi connectivity index (χ0v) is 17.9. The van der Waals surface area contributed by atoms with Gasteiger partial charge in [-0.15, -0.1) is 24.0 Å². The molecule has 0 saturated carbocycles. The number of aliphatic imine (C=N–C) groups is 1. The van der Waals surface area contributed by atoms with E-state index in [1.165, 1.54) is 0 Å². The zero-order chi connectivity index (χ0) is 17.5. The Morgan fingerprint density at radius 3 is 2.20 bits per heavy atom. The maximum atomic E-state index is 5.35. The molecule has 0 aromatic heterocycles. The average molecular weight is 465 g/mol. The maximum absolute atomic E-state index is 5.35. The fraction of sp³-hybridized carbons (Fsp3) is 0.611. The van der Waals surface area contributed by atoms with Crippen molar-refractivity contribution in [3.05, 3.63) is 29.8 Å². The Morgan fingerprint density at radius 2 is 1.64 bits per heavy atom. The topological polar surface area (TPSA) is 64.1 Å². The van der Waals surface area contributed by atoms with E-state index in [4.69, 9.17) is 14.2 Å². The predicted octanol–water partition coefficient (Wildman–Crippen LogP) is 2.81. The highest BCUT2D eigenvalue weighted by atomic mass is 127. The molecular formula is C18H32IN3O3. The molecule has 2 N–H and O–H groups in total. The molecule has 6 nitrogen and oxygen atoms in total. The second-order valence-corrected chi connectivity index (χ2v) is 5.26. The first-order valence-corrected chi connectivity index (χ1v) is 8.52. The van der Waals surface area contributed by atoms with Crippen LogP contribution < -0.4 is 15.4 Å². The number of methoxy groups -OCH3 is 2. The number of nitrogens with one attached hydrogen (secondary N) is 2. The molecule has 0 bridgehead atoms. The summed E-state index contributed by atoms with van der Waals surface area (Å²) >= 11 is 0. The van der Waals surface area contributed by atoms with Gasteiger partial charge in [-0.2, -0.15) is 0 Å². The molecule has 0 unspecified atom stereocenters. The summed E-state index contributed by atoms with van der Waals surface area (Å²) < 4.78 is 15.6. The second kappa shape index (κ2) is 16.4. The van der Waals surface area contributed by atoms with Crippen LogP contribution >= 0.6 is 24.0 Å². The zero-order valence-electron chi connectivity index (χ0n) is 15.5. The van der Waals surface area contributed by atoms with Crippen molar-refractivity contribution in [1.29, 1.82) is 0 Å². The molecule has 0 atom stereocenters. The van der Waals surface area contributed by atoms with Crippen LogP contribution in [0.2, 0.25) is 0 Å². The first-order valence-electron chi connectivity index (χ1n) is 8.52. The molecule has 0 radical (unpaired) electrons. The monoisotopic (exact) mass is 465 g/mol. The van der Waals surface area contributed by atoms with Crippen molar-refractivity contribution in [2.75, 3.05) is 47.1 Å². The van der Waals surface area contributed by atoms with Gasteiger partial charge in [0.25, 0.3) is 0 Å². The van der Waals surface area contributed by atoms with Crippen molar-refractivity contribution in [3.63, 3.8) is 0 Å². The van der Waals surface area contributed by atoms with E-state index in [1.807, 2.05) is 31.2 Å². The Morgan fingerprint density at radius 1 is 1.00 bits per heavy atom. The average Bonchev–Trinajstić information content (AvgIpc) is 2.62. The Kier molecular flexibility index (Phi) is 15.7. The molecule has 0 aliphatic carbocycles. The normalized spacial score (nSPS) is 10.9. The standard InChI is InChI=1S/C18H31N3O3.HI/c1-4-24-14-6-12-20-18(19-11-5-13-22-2)21-15-16-7-9-17(23-3)10-8-16;/h7-10H,4-6,11-15H2,1-3H3,(H2,19,20,21);1H. The van der Waals surface area contributed by atoms with Crippen molar-refractivity contribution >= 4 is 29.9 Å². The lowest BCUT2D eigenvalue weighted by Crippen LogP contribution is -2.39. The summed E-state index contributed by atoms with van der Waals surface area (Å²) in [4.78, 5) is 4.64. The summed E-state index contributed by atoms with van der Waals surface area (Å²) in [5.41, 5.74) is 1.14. The van der Waals surface area contributed by atoms with Crippen LogP contribution in [-0.4, -0.2) is 53.1 Å². The van der Waals surface area contributed by atoms with E-state index in [0.29, 0.717) is 6.54 Å². The number of nitrogens with zero attached hydrogens (tertiary/aromatic N) is 1. The lowest BCUT2D eigenvalue weighted by Gasteiger charge is -2.12. The summed E-state index contributed by atoms with van der Waals surface area (Å²) in [5, 5.41) is 6.67. The molecule has 0 aliphatic rings. The Hall–Kier alpha value is -1.06. The third kappa shape index (κ3) is 12.0. The van der Waals surface area contributed by atoms with Gasteiger partial charge in [-0.25, -0.2) is 4.99 Å². The summed E-state index contributed by atoms with van der Waals surface area (Å²) in [7, 11) is 3.38.